The molecule has 128 valence electrons. The average Bonchev–Trinajstić information content (AvgIpc) is 2.91. The van der Waals surface area contributed by atoms with Crippen LogP contribution in [-0.2, 0) is 16.1 Å². The Balaban J connectivity index is 1.92. The van der Waals surface area contributed by atoms with E-state index in [1.807, 2.05) is 38.1 Å². The van der Waals surface area contributed by atoms with Crippen LogP contribution in [0.15, 0.2) is 30.3 Å². The number of rotatable bonds is 6. The van der Waals surface area contributed by atoms with Crippen molar-refractivity contribution in [3.63, 3.8) is 0 Å². The summed E-state index contributed by atoms with van der Waals surface area (Å²) in [6.45, 7) is 5.66. The molecule has 0 bridgehead atoms. The zero-order valence-corrected chi connectivity index (χ0v) is 15.0. The highest BCUT2D eigenvalue weighted by molar-refractivity contribution is 7.12. The van der Waals surface area contributed by atoms with Gasteiger partial charge >= 0.3 is 5.97 Å². The summed E-state index contributed by atoms with van der Waals surface area (Å²) in [5.74, 6) is -0.123. The van der Waals surface area contributed by atoms with Crippen LogP contribution in [0.1, 0.15) is 32.6 Å². The van der Waals surface area contributed by atoms with Gasteiger partial charge in [0.1, 0.15) is 5.75 Å². The standard InChI is InChI=1S/C18H21NO4S/c1-11-9-15(13(3)24-11)18(21)23-12(2)17(20)19-10-14-7-5-6-8-16(14)22-4/h5-9,12H,10H2,1-4H3,(H,19,20)/t12-/m0/s1. The SMILES string of the molecule is COc1ccccc1CNC(=O)[C@H](C)OC(=O)c1cc(C)sc1C. The first-order valence-electron chi connectivity index (χ1n) is 7.60. The molecule has 0 saturated heterocycles. The lowest BCUT2D eigenvalue weighted by molar-refractivity contribution is -0.129. The van der Waals surface area contributed by atoms with Gasteiger partial charge in [-0.1, -0.05) is 18.2 Å². The Hall–Kier alpha value is -2.34. The molecule has 0 aliphatic carbocycles. The number of thiophene rings is 1. The van der Waals surface area contributed by atoms with E-state index < -0.39 is 12.1 Å². The number of amides is 1. The fraction of sp³-hybridized carbons (Fsp3) is 0.333. The Labute approximate surface area is 145 Å². The molecule has 0 spiro atoms. The van der Waals surface area contributed by atoms with Crippen LogP contribution in [0.2, 0.25) is 0 Å². The van der Waals surface area contributed by atoms with Gasteiger partial charge in [0.2, 0.25) is 0 Å². The van der Waals surface area contributed by atoms with E-state index in [4.69, 9.17) is 9.47 Å². The van der Waals surface area contributed by atoms with E-state index in [9.17, 15) is 9.59 Å². The van der Waals surface area contributed by atoms with Crippen molar-refractivity contribution in [1.29, 1.82) is 0 Å². The Morgan fingerprint density at radius 1 is 1.25 bits per heavy atom. The summed E-state index contributed by atoms with van der Waals surface area (Å²) in [6.07, 6.45) is -0.869. The lowest BCUT2D eigenvalue weighted by Crippen LogP contribution is -2.35. The van der Waals surface area contributed by atoms with E-state index in [2.05, 4.69) is 5.32 Å². The first-order valence-corrected chi connectivity index (χ1v) is 8.41. The highest BCUT2D eigenvalue weighted by Crippen LogP contribution is 2.22. The van der Waals surface area contributed by atoms with Gasteiger partial charge < -0.3 is 14.8 Å². The molecule has 1 N–H and O–H groups in total. The maximum absolute atomic E-state index is 12.2. The van der Waals surface area contributed by atoms with Crippen LogP contribution in [0.4, 0.5) is 0 Å². The van der Waals surface area contributed by atoms with Gasteiger partial charge in [-0.15, -0.1) is 11.3 Å². The third-order valence-corrected chi connectivity index (χ3v) is 4.53. The van der Waals surface area contributed by atoms with Crippen molar-refractivity contribution in [1.82, 2.24) is 5.32 Å². The van der Waals surface area contributed by atoms with Crippen molar-refractivity contribution in [2.24, 2.45) is 0 Å². The van der Waals surface area contributed by atoms with Crippen LogP contribution in [0, 0.1) is 13.8 Å². The highest BCUT2D eigenvalue weighted by atomic mass is 32.1. The van der Waals surface area contributed by atoms with Crippen LogP contribution in [0.3, 0.4) is 0 Å². The van der Waals surface area contributed by atoms with E-state index in [0.29, 0.717) is 17.9 Å². The molecule has 0 aliphatic rings. The van der Waals surface area contributed by atoms with Gasteiger partial charge in [0.25, 0.3) is 5.91 Å². The zero-order chi connectivity index (χ0) is 17.7. The number of aryl methyl sites for hydroxylation is 2. The molecule has 0 unspecified atom stereocenters. The lowest BCUT2D eigenvalue weighted by atomic mass is 10.2. The van der Waals surface area contributed by atoms with E-state index in [-0.39, 0.29) is 5.91 Å². The number of esters is 1. The minimum atomic E-state index is -0.869. The second kappa shape index (κ2) is 7.97. The van der Waals surface area contributed by atoms with Crippen LogP contribution in [0.25, 0.3) is 0 Å². The number of benzene rings is 1. The Bertz CT molecular complexity index is 738. The van der Waals surface area contributed by atoms with E-state index in [1.54, 1.807) is 20.1 Å². The van der Waals surface area contributed by atoms with Gasteiger partial charge in [-0.05, 0) is 32.9 Å². The molecule has 24 heavy (non-hydrogen) atoms. The molecule has 5 nitrogen and oxygen atoms in total. The number of carbonyl (C=O) groups excluding carboxylic acids is 2. The van der Waals surface area contributed by atoms with Gasteiger partial charge in [0.05, 0.1) is 12.7 Å². The molecule has 1 heterocycles. The third kappa shape index (κ3) is 4.35. The first kappa shape index (κ1) is 18.0. The smallest absolute Gasteiger partial charge is 0.340 e. The molecule has 0 fully saturated rings. The molecular formula is C18H21NO4S. The van der Waals surface area contributed by atoms with Crippen LogP contribution >= 0.6 is 11.3 Å². The fourth-order valence-corrected chi connectivity index (χ4v) is 3.20. The largest absolute Gasteiger partial charge is 0.496 e. The predicted molar refractivity (Wildman–Crippen MR) is 93.5 cm³/mol. The number of nitrogens with one attached hydrogen (secondary N) is 1. The number of ether oxygens (including phenoxy) is 2. The number of hydrogen-bond donors (Lipinski definition) is 1. The maximum Gasteiger partial charge on any atom is 0.340 e. The van der Waals surface area contributed by atoms with Crippen molar-refractivity contribution in [2.45, 2.75) is 33.4 Å². The molecular weight excluding hydrogens is 326 g/mol. The lowest BCUT2D eigenvalue weighted by Gasteiger charge is -2.14. The molecule has 0 radical (unpaired) electrons. The first-order chi connectivity index (χ1) is 11.4. The van der Waals surface area contributed by atoms with Gasteiger partial charge in [-0.3, -0.25) is 4.79 Å². The quantitative estimate of drug-likeness (QED) is 0.815. The molecule has 0 saturated carbocycles. The normalized spacial score (nSPS) is 11.7. The Morgan fingerprint density at radius 3 is 2.58 bits per heavy atom. The third-order valence-electron chi connectivity index (χ3n) is 3.56. The number of methoxy groups -OCH3 is 1. The predicted octanol–water partition coefficient (Wildman–Crippen LogP) is 3.24. The average molecular weight is 347 g/mol. The monoisotopic (exact) mass is 347 g/mol. The van der Waals surface area contributed by atoms with Crippen molar-refractivity contribution in [3.8, 4) is 5.75 Å². The topological polar surface area (TPSA) is 64.6 Å². The zero-order valence-electron chi connectivity index (χ0n) is 14.2. The molecule has 1 aromatic carbocycles. The van der Waals surface area contributed by atoms with Crippen molar-refractivity contribution in [3.05, 3.63) is 51.2 Å². The summed E-state index contributed by atoms with van der Waals surface area (Å²) in [4.78, 5) is 26.2. The molecule has 2 aromatic rings. The summed E-state index contributed by atoms with van der Waals surface area (Å²) >= 11 is 1.53. The summed E-state index contributed by atoms with van der Waals surface area (Å²) in [5, 5.41) is 2.76. The molecule has 2 rings (SSSR count). The second-order valence-electron chi connectivity index (χ2n) is 5.40. The van der Waals surface area contributed by atoms with Gasteiger partial charge in [0.15, 0.2) is 6.10 Å². The number of para-hydroxylation sites is 1. The van der Waals surface area contributed by atoms with Crippen LogP contribution < -0.4 is 10.1 Å². The molecule has 1 atom stereocenters. The number of hydrogen-bond acceptors (Lipinski definition) is 5. The van der Waals surface area contributed by atoms with E-state index >= 15 is 0 Å². The maximum atomic E-state index is 12.2. The van der Waals surface area contributed by atoms with Gasteiger partial charge in [-0.25, -0.2) is 4.79 Å². The molecule has 1 aromatic heterocycles. The van der Waals surface area contributed by atoms with E-state index in [0.717, 1.165) is 15.3 Å². The highest BCUT2D eigenvalue weighted by Gasteiger charge is 2.21. The minimum Gasteiger partial charge on any atom is -0.496 e. The number of carbonyl (C=O) groups is 2. The van der Waals surface area contributed by atoms with Crippen molar-refractivity contribution in [2.75, 3.05) is 7.11 Å². The van der Waals surface area contributed by atoms with Crippen LogP contribution in [0.5, 0.6) is 5.75 Å². The summed E-state index contributed by atoms with van der Waals surface area (Å²) in [7, 11) is 1.58. The summed E-state index contributed by atoms with van der Waals surface area (Å²) in [5.41, 5.74) is 1.37. The summed E-state index contributed by atoms with van der Waals surface area (Å²) < 4.78 is 10.5. The van der Waals surface area contributed by atoms with Crippen molar-refractivity contribution < 1.29 is 19.1 Å². The summed E-state index contributed by atoms with van der Waals surface area (Å²) in [6, 6.07) is 9.20. The van der Waals surface area contributed by atoms with Gasteiger partial charge in [0, 0.05) is 21.9 Å². The van der Waals surface area contributed by atoms with E-state index in [1.165, 1.54) is 11.3 Å². The van der Waals surface area contributed by atoms with Crippen molar-refractivity contribution >= 4 is 23.2 Å². The van der Waals surface area contributed by atoms with Crippen LogP contribution in [-0.4, -0.2) is 25.1 Å². The van der Waals surface area contributed by atoms with Gasteiger partial charge in [-0.2, -0.15) is 0 Å². The Morgan fingerprint density at radius 2 is 1.96 bits per heavy atom. The minimum absolute atomic E-state index is 0.307. The Kier molecular flexibility index (Phi) is 5.98. The molecule has 0 aliphatic heterocycles. The fourth-order valence-electron chi connectivity index (χ4n) is 2.29. The molecule has 1 amide bonds. The second-order valence-corrected chi connectivity index (χ2v) is 6.86. The molecule has 6 heteroatoms.